The average molecular weight is 187 g/mol. The molecule has 0 spiro atoms. The fourth-order valence-electron chi connectivity index (χ4n) is 1.29. The maximum absolute atomic E-state index is 11.7. The van der Waals surface area contributed by atoms with Gasteiger partial charge in [-0.05, 0) is 0 Å². The molecule has 4 heteroatoms. The molecule has 1 N–H and O–H groups in total. The summed E-state index contributed by atoms with van der Waals surface area (Å²) in [6.07, 6.45) is -0.819. The second-order valence-corrected chi connectivity index (χ2v) is 4.33. The summed E-state index contributed by atoms with van der Waals surface area (Å²) in [5.41, 5.74) is -0.378. The van der Waals surface area contributed by atoms with E-state index in [0.29, 0.717) is 13.2 Å². The molecule has 1 rings (SSSR count). The van der Waals surface area contributed by atoms with Crippen LogP contribution < -0.4 is 0 Å². The van der Waals surface area contributed by atoms with Gasteiger partial charge in [-0.2, -0.15) is 0 Å². The van der Waals surface area contributed by atoms with E-state index in [2.05, 4.69) is 0 Å². The first-order chi connectivity index (χ1) is 5.91. The molecule has 1 aliphatic rings. The van der Waals surface area contributed by atoms with E-state index >= 15 is 0 Å². The molecule has 0 radical (unpaired) electrons. The third-order valence-corrected chi connectivity index (χ3v) is 1.98. The molecule has 0 aliphatic carbocycles. The third-order valence-electron chi connectivity index (χ3n) is 1.98. The fraction of sp³-hybridized carbons (Fsp3) is 0.889. The summed E-state index contributed by atoms with van der Waals surface area (Å²) in [6, 6.07) is 0. The number of carbonyl (C=O) groups is 1. The van der Waals surface area contributed by atoms with Gasteiger partial charge in [0.15, 0.2) is 6.29 Å². The Bertz CT molecular complexity index is 198. The minimum atomic E-state index is -0.819. The molecule has 1 atom stereocenters. The molecule has 76 valence electrons. The zero-order chi connectivity index (χ0) is 10.1. The number of rotatable bonds is 0. The Hall–Kier alpha value is -0.610. The first-order valence-corrected chi connectivity index (χ1v) is 4.50. The second kappa shape index (κ2) is 3.64. The van der Waals surface area contributed by atoms with Gasteiger partial charge in [-0.15, -0.1) is 0 Å². The van der Waals surface area contributed by atoms with Crippen molar-refractivity contribution in [2.75, 3.05) is 19.7 Å². The number of β-amino-alcohol motifs (C(OH)–C–C–N with tert-alkyl or cyclic N) is 1. The molecule has 1 unspecified atom stereocenters. The molecule has 0 bridgehead atoms. The molecule has 0 aromatic rings. The predicted octanol–water partition coefficient (Wildman–Crippen LogP) is 0.210. The monoisotopic (exact) mass is 187 g/mol. The molecular weight excluding hydrogens is 170 g/mol. The lowest BCUT2D eigenvalue weighted by atomic mass is 9.94. The Kier molecular flexibility index (Phi) is 2.93. The predicted molar refractivity (Wildman–Crippen MR) is 48.0 cm³/mol. The van der Waals surface area contributed by atoms with Gasteiger partial charge in [0.25, 0.3) is 0 Å². The third kappa shape index (κ3) is 2.67. The summed E-state index contributed by atoms with van der Waals surface area (Å²) in [5.74, 6) is 0.0647. The molecule has 1 saturated heterocycles. The summed E-state index contributed by atoms with van der Waals surface area (Å²) in [6.45, 7) is 6.90. The number of ether oxygens (including phenoxy) is 1. The van der Waals surface area contributed by atoms with Crippen LogP contribution in [0.5, 0.6) is 0 Å². The molecule has 1 heterocycles. The van der Waals surface area contributed by atoms with Crippen molar-refractivity contribution in [3.63, 3.8) is 0 Å². The topological polar surface area (TPSA) is 49.8 Å². The summed E-state index contributed by atoms with van der Waals surface area (Å²) in [4.78, 5) is 13.4. The van der Waals surface area contributed by atoms with E-state index in [1.807, 2.05) is 20.8 Å². The van der Waals surface area contributed by atoms with Crippen LogP contribution in [-0.2, 0) is 9.53 Å². The lowest BCUT2D eigenvalue weighted by Gasteiger charge is -2.34. The minimum Gasteiger partial charge on any atom is -0.366 e. The van der Waals surface area contributed by atoms with Gasteiger partial charge in [0.2, 0.25) is 5.91 Å². The van der Waals surface area contributed by atoms with Crippen molar-refractivity contribution in [2.24, 2.45) is 5.41 Å². The number of aliphatic hydroxyl groups is 1. The minimum absolute atomic E-state index is 0.0647. The Morgan fingerprint density at radius 1 is 1.54 bits per heavy atom. The van der Waals surface area contributed by atoms with Crippen LogP contribution in [0.2, 0.25) is 0 Å². The molecule has 0 aromatic carbocycles. The van der Waals surface area contributed by atoms with E-state index in [1.165, 1.54) is 0 Å². The molecule has 1 aliphatic heterocycles. The summed E-state index contributed by atoms with van der Waals surface area (Å²) in [5, 5.41) is 9.18. The van der Waals surface area contributed by atoms with E-state index in [1.54, 1.807) is 4.90 Å². The first-order valence-electron chi connectivity index (χ1n) is 4.50. The second-order valence-electron chi connectivity index (χ2n) is 4.33. The summed E-state index contributed by atoms with van der Waals surface area (Å²) < 4.78 is 4.93. The Morgan fingerprint density at radius 3 is 2.62 bits per heavy atom. The molecule has 0 aromatic heterocycles. The largest absolute Gasteiger partial charge is 0.366 e. The SMILES string of the molecule is CC(C)(C)C(=O)N1CCOC(O)C1. The Labute approximate surface area is 78.5 Å². The number of amides is 1. The zero-order valence-corrected chi connectivity index (χ0v) is 8.41. The Morgan fingerprint density at radius 2 is 2.15 bits per heavy atom. The van der Waals surface area contributed by atoms with Crippen molar-refractivity contribution in [3.05, 3.63) is 0 Å². The average Bonchev–Trinajstić information content (AvgIpc) is 2.01. The van der Waals surface area contributed by atoms with Crippen molar-refractivity contribution < 1.29 is 14.6 Å². The van der Waals surface area contributed by atoms with Crippen molar-refractivity contribution in [3.8, 4) is 0 Å². The standard InChI is InChI=1S/C9H17NO3/c1-9(2,3)8(12)10-4-5-13-7(11)6-10/h7,11H,4-6H2,1-3H3. The van der Waals surface area contributed by atoms with Gasteiger partial charge in [0.1, 0.15) is 0 Å². The van der Waals surface area contributed by atoms with Crippen LogP contribution in [0, 0.1) is 5.41 Å². The molecule has 0 saturated carbocycles. The van der Waals surface area contributed by atoms with Crippen molar-refractivity contribution in [2.45, 2.75) is 27.1 Å². The van der Waals surface area contributed by atoms with E-state index in [4.69, 9.17) is 4.74 Å². The number of morpholine rings is 1. The quantitative estimate of drug-likeness (QED) is 0.589. The fourth-order valence-corrected chi connectivity index (χ4v) is 1.29. The molecule has 4 nitrogen and oxygen atoms in total. The van der Waals surface area contributed by atoms with Crippen LogP contribution in [0.15, 0.2) is 0 Å². The van der Waals surface area contributed by atoms with Crippen LogP contribution >= 0.6 is 0 Å². The lowest BCUT2D eigenvalue weighted by molar-refractivity contribution is -0.169. The zero-order valence-electron chi connectivity index (χ0n) is 8.41. The molecule has 1 amide bonds. The van der Waals surface area contributed by atoms with Gasteiger partial charge in [0.05, 0.1) is 13.2 Å². The van der Waals surface area contributed by atoms with Crippen molar-refractivity contribution >= 4 is 5.91 Å². The van der Waals surface area contributed by atoms with Crippen LogP contribution in [0.1, 0.15) is 20.8 Å². The summed E-state index contributed by atoms with van der Waals surface area (Å²) in [7, 11) is 0. The molecular formula is C9H17NO3. The number of carbonyl (C=O) groups excluding carboxylic acids is 1. The van der Waals surface area contributed by atoms with Gasteiger partial charge < -0.3 is 14.7 Å². The van der Waals surface area contributed by atoms with Crippen LogP contribution in [0.25, 0.3) is 0 Å². The highest BCUT2D eigenvalue weighted by Gasteiger charge is 2.30. The number of nitrogens with zero attached hydrogens (tertiary/aromatic N) is 1. The maximum atomic E-state index is 11.7. The molecule has 13 heavy (non-hydrogen) atoms. The van der Waals surface area contributed by atoms with Gasteiger partial charge in [-0.3, -0.25) is 4.79 Å². The van der Waals surface area contributed by atoms with E-state index < -0.39 is 6.29 Å². The van der Waals surface area contributed by atoms with Crippen LogP contribution in [-0.4, -0.2) is 41.9 Å². The number of hydrogen-bond acceptors (Lipinski definition) is 3. The first kappa shape index (κ1) is 10.5. The van der Waals surface area contributed by atoms with Gasteiger partial charge >= 0.3 is 0 Å². The summed E-state index contributed by atoms with van der Waals surface area (Å²) >= 11 is 0. The lowest BCUT2D eigenvalue weighted by Crippen LogP contribution is -2.49. The normalized spacial score (nSPS) is 24.6. The highest BCUT2D eigenvalue weighted by molar-refractivity contribution is 5.81. The van der Waals surface area contributed by atoms with Crippen LogP contribution in [0.3, 0.4) is 0 Å². The number of aliphatic hydroxyl groups excluding tert-OH is 1. The maximum Gasteiger partial charge on any atom is 0.228 e. The van der Waals surface area contributed by atoms with Crippen molar-refractivity contribution in [1.82, 2.24) is 4.90 Å². The van der Waals surface area contributed by atoms with Gasteiger partial charge in [-0.1, -0.05) is 20.8 Å². The highest BCUT2D eigenvalue weighted by Crippen LogP contribution is 2.18. The Balaban J connectivity index is 2.56. The van der Waals surface area contributed by atoms with E-state index in [0.717, 1.165) is 0 Å². The van der Waals surface area contributed by atoms with E-state index in [-0.39, 0.29) is 17.9 Å². The van der Waals surface area contributed by atoms with Gasteiger partial charge in [0, 0.05) is 12.0 Å². The number of hydrogen-bond donors (Lipinski definition) is 1. The van der Waals surface area contributed by atoms with E-state index in [9.17, 15) is 9.90 Å². The van der Waals surface area contributed by atoms with Gasteiger partial charge in [-0.25, -0.2) is 0 Å². The van der Waals surface area contributed by atoms with Crippen molar-refractivity contribution in [1.29, 1.82) is 0 Å². The smallest absolute Gasteiger partial charge is 0.228 e. The highest BCUT2D eigenvalue weighted by atomic mass is 16.6. The van der Waals surface area contributed by atoms with Crippen LogP contribution in [0.4, 0.5) is 0 Å². The molecule has 1 fully saturated rings.